The molecule has 26 heavy (non-hydrogen) atoms. The lowest BCUT2D eigenvalue weighted by Gasteiger charge is -2.20. The average molecular weight is 369 g/mol. The zero-order valence-electron chi connectivity index (χ0n) is 14.8. The molecule has 0 unspecified atom stereocenters. The summed E-state index contributed by atoms with van der Waals surface area (Å²) in [4.78, 5) is 25.4. The highest BCUT2D eigenvalue weighted by molar-refractivity contribution is 7.11. The molecule has 2 amide bonds. The fourth-order valence-corrected chi connectivity index (χ4v) is 3.83. The van der Waals surface area contributed by atoms with Crippen LogP contribution in [0.4, 0.5) is 5.69 Å². The van der Waals surface area contributed by atoms with Crippen LogP contribution in [0, 0.1) is 12.8 Å². The van der Waals surface area contributed by atoms with Crippen LogP contribution in [-0.4, -0.2) is 18.0 Å². The van der Waals surface area contributed by atoms with Crippen molar-refractivity contribution >= 4 is 35.1 Å². The molecule has 0 atom stereocenters. The van der Waals surface area contributed by atoms with Crippen LogP contribution in [0.25, 0.3) is 0 Å². The highest BCUT2D eigenvalue weighted by Gasteiger charge is 2.21. The van der Waals surface area contributed by atoms with Crippen LogP contribution >= 0.6 is 11.3 Å². The Kier molecular flexibility index (Phi) is 6.17. The monoisotopic (exact) mass is 369 g/mol. The van der Waals surface area contributed by atoms with E-state index >= 15 is 0 Å². The van der Waals surface area contributed by atoms with Crippen LogP contribution in [0.3, 0.4) is 0 Å². The van der Waals surface area contributed by atoms with Gasteiger partial charge in [0.15, 0.2) is 0 Å². The van der Waals surface area contributed by atoms with E-state index in [1.165, 1.54) is 6.42 Å². The number of anilines is 1. The topological polar surface area (TPSA) is 70.6 Å². The maximum atomic E-state index is 12.3. The second-order valence-corrected chi connectivity index (χ2v) is 7.52. The van der Waals surface area contributed by atoms with E-state index in [1.807, 2.05) is 18.4 Å². The maximum absolute atomic E-state index is 12.3. The fourth-order valence-electron chi connectivity index (χ4n) is 3.04. The molecule has 0 saturated heterocycles. The number of carbonyl (C=O) groups is 2. The number of amides is 2. The summed E-state index contributed by atoms with van der Waals surface area (Å²) in [6, 6.07) is 8.90. The number of hydrazone groups is 1. The predicted octanol–water partition coefficient (Wildman–Crippen LogP) is 4.34. The Hall–Kier alpha value is -2.47. The summed E-state index contributed by atoms with van der Waals surface area (Å²) < 4.78 is 0. The zero-order valence-corrected chi connectivity index (χ0v) is 15.6. The summed E-state index contributed by atoms with van der Waals surface area (Å²) in [5, 5.41) is 8.93. The van der Waals surface area contributed by atoms with Crippen molar-refractivity contribution in [1.82, 2.24) is 5.43 Å². The number of thiophene rings is 1. The summed E-state index contributed by atoms with van der Waals surface area (Å²) in [7, 11) is 0. The molecule has 2 N–H and O–H groups in total. The van der Waals surface area contributed by atoms with Crippen molar-refractivity contribution in [3.05, 3.63) is 51.7 Å². The first-order valence-electron chi connectivity index (χ1n) is 8.92. The molecule has 1 aromatic carbocycles. The lowest BCUT2D eigenvalue weighted by molar-refractivity contribution is -0.120. The van der Waals surface area contributed by atoms with E-state index in [4.69, 9.17) is 0 Å². The van der Waals surface area contributed by atoms with Gasteiger partial charge in [0.2, 0.25) is 5.91 Å². The Morgan fingerprint density at radius 2 is 1.85 bits per heavy atom. The minimum Gasteiger partial charge on any atom is -0.326 e. The van der Waals surface area contributed by atoms with Crippen LogP contribution in [0.1, 0.15) is 52.9 Å². The van der Waals surface area contributed by atoms with Crippen molar-refractivity contribution in [3.8, 4) is 0 Å². The molecule has 2 aromatic rings. The molecule has 3 rings (SSSR count). The number of rotatable bonds is 5. The van der Waals surface area contributed by atoms with Crippen molar-refractivity contribution < 1.29 is 9.59 Å². The lowest BCUT2D eigenvalue weighted by Crippen LogP contribution is -2.24. The van der Waals surface area contributed by atoms with Crippen LogP contribution in [0.2, 0.25) is 0 Å². The molecular formula is C20H23N3O2S. The standard InChI is InChI=1S/C20H23N3O2S/c1-14-11-12-26-18(14)13-21-23-20(25)16-7-9-17(10-8-16)22-19(24)15-5-3-2-4-6-15/h7-13,15H,2-6H2,1H3,(H,22,24)(H,23,25)/b21-13+. The second-order valence-electron chi connectivity index (χ2n) is 6.57. The molecule has 1 heterocycles. The Bertz CT molecular complexity index is 790. The normalized spacial score (nSPS) is 15.1. The van der Waals surface area contributed by atoms with Gasteiger partial charge in [-0.1, -0.05) is 19.3 Å². The Morgan fingerprint density at radius 3 is 2.50 bits per heavy atom. The van der Waals surface area contributed by atoms with Gasteiger partial charge in [0.05, 0.1) is 6.21 Å². The highest BCUT2D eigenvalue weighted by atomic mass is 32.1. The van der Waals surface area contributed by atoms with Gasteiger partial charge < -0.3 is 5.32 Å². The number of aryl methyl sites for hydroxylation is 1. The minimum atomic E-state index is -0.277. The molecule has 1 fully saturated rings. The third-order valence-corrected chi connectivity index (χ3v) is 5.59. The molecule has 1 saturated carbocycles. The average Bonchev–Trinajstić information content (AvgIpc) is 3.08. The first-order valence-corrected chi connectivity index (χ1v) is 9.80. The molecule has 0 aliphatic heterocycles. The van der Waals surface area contributed by atoms with Crippen LogP contribution in [0.5, 0.6) is 0 Å². The molecule has 6 heteroatoms. The van der Waals surface area contributed by atoms with Crippen LogP contribution in [-0.2, 0) is 4.79 Å². The van der Waals surface area contributed by atoms with E-state index in [9.17, 15) is 9.59 Å². The number of benzene rings is 1. The number of hydrogen-bond donors (Lipinski definition) is 2. The van der Waals surface area contributed by atoms with E-state index in [1.54, 1.807) is 41.8 Å². The van der Waals surface area contributed by atoms with Crippen molar-refractivity contribution in [2.75, 3.05) is 5.32 Å². The van der Waals surface area contributed by atoms with Crippen molar-refractivity contribution in [2.24, 2.45) is 11.0 Å². The van der Waals surface area contributed by atoms with E-state index in [0.29, 0.717) is 5.56 Å². The summed E-state index contributed by atoms with van der Waals surface area (Å²) in [5.41, 5.74) is 4.87. The molecule has 0 spiro atoms. The van der Waals surface area contributed by atoms with Crippen molar-refractivity contribution in [2.45, 2.75) is 39.0 Å². The van der Waals surface area contributed by atoms with E-state index in [2.05, 4.69) is 15.8 Å². The Labute approximate surface area is 157 Å². The Balaban J connectivity index is 1.53. The van der Waals surface area contributed by atoms with E-state index < -0.39 is 0 Å². The molecule has 0 radical (unpaired) electrons. The lowest BCUT2D eigenvalue weighted by atomic mass is 9.88. The molecular weight excluding hydrogens is 346 g/mol. The van der Waals surface area contributed by atoms with Gasteiger partial charge in [-0.2, -0.15) is 5.10 Å². The zero-order chi connectivity index (χ0) is 18.4. The summed E-state index contributed by atoms with van der Waals surface area (Å²) >= 11 is 1.58. The summed E-state index contributed by atoms with van der Waals surface area (Å²) in [6.07, 6.45) is 7.06. The largest absolute Gasteiger partial charge is 0.326 e. The molecule has 1 aliphatic carbocycles. The first kappa shape index (κ1) is 18.3. The van der Waals surface area contributed by atoms with Gasteiger partial charge in [-0.15, -0.1) is 11.3 Å². The fraction of sp³-hybridized carbons (Fsp3) is 0.350. The smallest absolute Gasteiger partial charge is 0.271 e. The van der Waals surface area contributed by atoms with Gasteiger partial charge in [-0.25, -0.2) is 5.43 Å². The maximum Gasteiger partial charge on any atom is 0.271 e. The number of nitrogens with zero attached hydrogens (tertiary/aromatic N) is 1. The number of hydrogen-bond acceptors (Lipinski definition) is 4. The summed E-state index contributed by atoms with van der Waals surface area (Å²) in [5.74, 6) is -0.0831. The first-order chi connectivity index (χ1) is 12.6. The molecule has 1 aromatic heterocycles. The van der Waals surface area contributed by atoms with Crippen molar-refractivity contribution in [1.29, 1.82) is 0 Å². The number of carbonyl (C=O) groups excluding carboxylic acids is 2. The Morgan fingerprint density at radius 1 is 1.12 bits per heavy atom. The van der Waals surface area contributed by atoms with Gasteiger partial charge >= 0.3 is 0 Å². The molecule has 136 valence electrons. The van der Waals surface area contributed by atoms with Crippen LogP contribution < -0.4 is 10.7 Å². The quantitative estimate of drug-likeness (QED) is 0.608. The van der Waals surface area contributed by atoms with Gasteiger partial charge in [0, 0.05) is 22.0 Å². The van der Waals surface area contributed by atoms with Crippen molar-refractivity contribution in [3.63, 3.8) is 0 Å². The summed E-state index contributed by atoms with van der Waals surface area (Å²) in [6.45, 7) is 2.00. The van der Waals surface area contributed by atoms with Gasteiger partial charge in [-0.3, -0.25) is 9.59 Å². The second kappa shape index (κ2) is 8.76. The SMILES string of the molecule is Cc1ccsc1/C=N/NC(=O)c1ccc(NC(=O)C2CCCCC2)cc1. The van der Waals surface area contributed by atoms with E-state index in [0.717, 1.165) is 41.8 Å². The van der Waals surface area contributed by atoms with Gasteiger partial charge in [-0.05, 0) is 61.0 Å². The highest BCUT2D eigenvalue weighted by Crippen LogP contribution is 2.25. The van der Waals surface area contributed by atoms with Gasteiger partial charge in [0.25, 0.3) is 5.91 Å². The van der Waals surface area contributed by atoms with Crippen LogP contribution in [0.15, 0.2) is 40.8 Å². The minimum absolute atomic E-state index is 0.0813. The third-order valence-electron chi connectivity index (χ3n) is 4.64. The number of nitrogens with one attached hydrogen (secondary N) is 2. The molecule has 0 bridgehead atoms. The van der Waals surface area contributed by atoms with E-state index in [-0.39, 0.29) is 17.7 Å². The van der Waals surface area contributed by atoms with Gasteiger partial charge in [0.1, 0.15) is 0 Å². The molecule has 1 aliphatic rings. The third kappa shape index (κ3) is 4.79. The predicted molar refractivity (Wildman–Crippen MR) is 106 cm³/mol. The molecule has 5 nitrogen and oxygen atoms in total.